The van der Waals surface area contributed by atoms with Crippen molar-refractivity contribution in [1.82, 2.24) is 0 Å². The maximum absolute atomic E-state index is 5.57. The van der Waals surface area contributed by atoms with Crippen LogP contribution in [0.5, 0.6) is 5.75 Å². The molecule has 1 aromatic rings. The van der Waals surface area contributed by atoms with E-state index in [1.54, 1.807) is 7.11 Å². The maximum Gasteiger partial charge on any atom is 0.119 e. The first-order valence-electron chi connectivity index (χ1n) is 4.81. The van der Waals surface area contributed by atoms with Crippen LogP contribution in [0.4, 0.5) is 0 Å². The molecule has 15 heavy (non-hydrogen) atoms. The van der Waals surface area contributed by atoms with Gasteiger partial charge in [0.25, 0.3) is 0 Å². The summed E-state index contributed by atoms with van der Waals surface area (Å²) >= 11 is 5.38. The molecular formula is C11H16BrNOS. The molecule has 0 saturated heterocycles. The molecule has 84 valence electrons. The minimum absolute atomic E-state index is 0.489. The van der Waals surface area contributed by atoms with Crippen molar-refractivity contribution in [2.24, 2.45) is 5.73 Å². The van der Waals surface area contributed by atoms with E-state index in [1.165, 1.54) is 5.56 Å². The summed E-state index contributed by atoms with van der Waals surface area (Å²) in [6, 6.07) is 6.02. The highest BCUT2D eigenvalue weighted by atomic mass is 79.9. The van der Waals surface area contributed by atoms with E-state index in [-0.39, 0.29) is 0 Å². The number of hydrogen-bond donors (Lipinski definition) is 1. The molecule has 0 amide bonds. The molecule has 0 bridgehead atoms. The molecule has 0 aliphatic heterocycles. The molecule has 0 aliphatic carbocycles. The lowest BCUT2D eigenvalue weighted by Crippen LogP contribution is -2.12. The van der Waals surface area contributed by atoms with Gasteiger partial charge in [-0.2, -0.15) is 11.8 Å². The van der Waals surface area contributed by atoms with Crippen LogP contribution in [0.15, 0.2) is 22.7 Å². The minimum Gasteiger partial charge on any atom is -0.497 e. The van der Waals surface area contributed by atoms with Crippen LogP contribution in [-0.2, 0) is 5.75 Å². The Morgan fingerprint density at radius 1 is 1.53 bits per heavy atom. The van der Waals surface area contributed by atoms with Crippen LogP contribution >= 0.6 is 27.7 Å². The Morgan fingerprint density at radius 3 is 2.87 bits per heavy atom. The van der Waals surface area contributed by atoms with Crippen LogP contribution in [0.2, 0.25) is 0 Å². The van der Waals surface area contributed by atoms with E-state index >= 15 is 0 Å². The Labute approximate surface area is 104 Å². The van der Waals surface area contributed by atoms with E-state index in [2.05, 4.69) is 28.9 Å². The smallest absolute Gasteiger partial charge is 0.119 e. The fraction of sp³-hybridized carbons (Fsp3) is 0.455. The fourth-order valence-electron chi connectivity index (χ4n) is 1.09. The van der Waals surface area contributed by atoms with Crippen LogP contribution in [0.1, 0.15) is 12.5 Å². The van der Waals surface area contributed by atoms with Crippen LogP contribution in [0, 0.1) is 0 Å². The van der Waals surface area contributed by atoms with Crippen molar-refractivity contribution in [2.45, 2.75) is 17.9 Å². The van der Waals surface area contributed by atoms with Gasteiger partial charge in [0.15, 0.2) is 0 Å². The summed E-state index contributed by atoms with van der Waals surface area (Å²) in [7, 11) is 1.68. The topological polar surface area (TPSA) is 35.2 Å². The zero-order valence-electron chi connectivity index (χ0n) is 9.00. The van der Waals surface area contributed by atoms with Gasteiger partial charge < -0.3 is 10.5 Å². The Bertz CT molecular complexity index is 319. The van der Waals surface area contributed by atoms with Crippen molar-refractivity contribution >= 4 is 27.7 Å². The highest BCUT2D eigenvalue weighted by Crippen LogP contribution is 2.27. The van der Waals surface area contributed by atoms with Crippen molar-refractivity contribution in [3.8, 4) is 5.75 Å². The molecule has 0 aromatic heterocycles. The van der Waals surface area contributed by atoms with Crippen LogP contribution in [0.25, 0.3) is 0 Å². The molecule has 1 rings (SSSR count). The SMILES string of the molecule is COc1ccc(Br)c(CSC(C)CN)c1. The summed E-state index contributed by atoms with van der Waals surface area (Å²) in [5, 5.41) is 0.489. The zero-order valence-corrected chi connectivity index (χ0v) is 11.4. The van der Waals surface area contributed by atoms with Gasteiger partial charge in [-0.25, -0.2) is 0 Å². The van der Waals surface area contributed by atoms with Crippen molar-refractivity contribution in [2.75, 3.05) is 13.7 Å². The summed E-state index contributed by atoms with van der Waals surface area (Å²) < 4.78 is 6.31. The second-order valence-electron chi connectivity index (χ2n) is 3.31. The average Bonchev–Trinajstić information content (AvgIpc) is 2.27. The lowest BCUT2D eigenvalue weighted by Gasteiger charge is -2.10. The Morgan fingerprint density at radius 2 is 2.27 bits per heavy atom. The predicted octanol–water partition coefficient (Wildman–Crippen LogP) is 3.04. The van der Waals surface area contributed by atoms with Gasteiger partial charge >= 0.3 is 0 Å². The van der Waals surface area contributed by atoms with Crippen molar-refractivity contribution in [3.05, 3.63) is 28.2 Å². The van der Waals surface area contributed by atoms with Crippen LogP contribution in [-0.4, -0.2) is 18.9 Å². The van der Waals surface area contributed by atoms with Crippen LogP contribution < -0.4 is 10.5 Å². The first kappa shape index (κ1) is 12.9. The molecule has 0 spiro atoms. The maximum atomic E-state index is 5.57. The van der Waals surface area contributed by atoms with Gasteiger partial charge in [-0.05, 0) is 23.8 Å². The zero-order chi connectivity index (χ0) is 11.3. The highest BCUT2D eigenvalue weighted by molar-refractivity contribution is 9.10. The fourth-order valence-corrected chi connectivity index (χ4v) is 2.50. The summed E-state index contributed by atoms with van der Waals surface area (Å²) in [5.41, 5.74) is 6.82. The van der Waals surface area contributed by atoms with E-state index in [4.69, 9.17) is 10.5 Å². The van der Waals surface area contributed by atoms with Gasteiger partial charge in [0, 0.05) is 22.0 Å². The van der Waals surface area contributed by atoms with Gasteiger partial charge in [0.05, 0.1) is 7.11 Å². The van der Waals surface area contributed by atoms with Gasteiger partial charge in [-0.15, -0.1) is 0 Å². The lowest BCUT2D eigenvalue weighted by molar-refractivity contribution is 0.414. The molecule has 4 heteroatoms. The van der Waals surface area contributed by atoms with E-state index < -0.39 is 0 Å². The van der Waals surface area contributed by atoms with Crippen molar-refractivity contribution < 1.29 is 4.74 Å². The first-order valence-corrected chi connectivity index (χ1v) is 6.65. The largest absolute Gasteiger partial charge is 0.497 e. The van der Waals surface area contributed by atoms with Crippen molar-refractivity contribution in [1.29, 1.82) is 0 Å². The van der Waals surface area contributed by atoms with Gasteiger partial charge in [0.1, 0.15) is 5.75 Å². The highest BCUT2D eigenvalue weighted by Gasteiger charge is 2.05. The van der Waals surface area contributed by atoms with Crippen LogP contribution in [0.3, 0.4) is 0 Å². The van der Waals surface area contributed by atoms with Crippen molar-refractivity contribution in [3.63, 3.8) is 0 Å². The first-order chi connectivity index (χ1) is 7.17. The summed E-state index contributed by atoms with van der Waals surface area (Å²) in [6.45, 7) is 2.85. The summed E-state index contributed by atoms with van der Waals surface area (Å²) in [6.07, 6.45) is 0. The van der Waals surface area contributed by atoms with Gasteiger partial charge in [-0.1, -0.05) is 22.9 Å². The molecule has 2 N–H and O–H groups in total. The molecule has 2 nitrogen and oxygen atoms in total. The van der Waals surface area contributed by atoms with E-state index in [9.17, 15) is 0 Å². The Kier molecular flexibility index (Phi) is 5.50. The molecule has 1 atom stereocenters. The average molecular weight is 290 g/mol. The number of thioether (sulfide) groups is 1. The normalized spacial score (nSPS) is 12.5. The molecule has 0 fully saturated rings. The number of halogens is 1. The molecule has 0 heterocycles. The third-order valence-electron chi connectivity index (χ3n) is 2.11. The number of nitrogens with two attached hydrogens (primary N) is 1. The third-order valence-corrected chi connectivity index (χ3v) is 4.12. The number of methoxy groups -OCH3 is 1. The number of ether oxygens (including phenoxy) is 1. The Hall–Kier alpha value is -0.190. The van der Waals surface area contributed by atoms with E-state index in [0.717, 1.165) is 16.0 Å². The lowest BCUT2D eigenvalue weighted by atomic mass is 10.2. The number of rotatable bonds is 5. The molecule has 0 saturated carbocycles. The molecular weight excluding hydrogens is 274 g/mol. The second-order valence-corrected chi connectivity index (χ2v) is 5.60. The molecule has 0 aliphatic rings. The van der Waals surface area contributed by atoms with Gasteiger partial charge in [-0.3, -0.25) is 0 Å². The monoisotopic (exact) mass is 289 g/mol. The Balaban J connectivity index is 2.66. The van der Waals surface area contributed by atoms with Gasteiger partial charge in [0.2, 0.25) is 0 Å². The molecule has 0 radical (unpaired) electrons. The third kappa shape index (κ3) is 4.05. The quantitative estimate of drug-likeness (QED) is 0.905. The minimum atomic E-state index is 0.489. The van der Waals surface area contributed by atoms with E-state index in [0.29, 0.717) is 11.8 Å². The number of hydrogen-bond acceptors (Lipinski definition) is 3. The second kappa shape index (κ2) is 6.40. The number of benzene rings is 1. The standard InChI is InChI=1S/C11H16BrNOS/c1-8(6-13)15-7-9-5-10(14-2)3-4-11(9)12/h3-5,8H,6-7,13H2,1-2H3. The molecule has 1 unspecified atom stereocenters. The summed E-state index contributed by atoms with van der Waals surface area (Å²) in [5.74, 6) is 1.85. The summed E-state index contributed by atoms with van der Waals surface area (Å²) in [4.78, 5) is 0. The molecule has 1 aromatic carbocycles. The van der Waals surface area contributed by atoms with E-state index in [1.807, 2.05) is 23.9 Å². The predicted molar refractivity (Wildman–Crippen MR) is 70.5 cm³/mol.